The van der Waals surface area contributed by atoms with Crippen LogP contribution in [0.4, 0.5) is 11.5 Å². The summed E-state index contributed by atoms with van der Waals surface area (Å²) in [6.07, 6.45) is 1.47. The first-order valence-electron chi connectivity index (χ1n) is 9.30. The fraction of sp³-hybridized carbons (Fsp3) is 0.182. The number of fused-ring (bicyclic) bond motifs is 2. The second-order valence-electron chi connectivity index (χ2n) is 7.00. The van der Waals surface area contributed by atoms with Crippen molar-refractivity contribution in [3.8, 4) is 0 Å². The van der Waals surface area contributed by atoms with E-state index in [1.165, 1.54) is 4.40 Å². The predicted octanol–water partition coefficient (Wildman–Crippen LogP) is 3.86. The number of carbonyl (C=O) groups is 1. The normalized spacial score (nSPS) is 11.2. The van der Waals surface area contributed by atoms with E-state index in [9.17, 15) is 9.59 Å². The molecule has 2 heterocycles. The summed E-state index contributed by atoms with van der Waals surface area (Å²) in [4.78, 5) is 34.2. The number of ether oxygens (including phenoxy) is 1. The highest BCUT2D eigenvalue weighted by Crippen LogP contribution is 2.23. The lowest BCUT2D eigenvalue weighted by Crippen LogP contribution is -2.18. The number of aryl methyl sites for hydroxylation is 1. The second-order valence-corrected chi connectivity index (χ2v) is 7.00. The Bertz CT molecular complexity index is 1290. The van der Waals surface area contributed by atoms with E-state index in [1.807, 2.05) is 19.1 Å². The van der Waals surface area contributed by atoms with Crippen molar-refractivity contribution >= 4 is 34.2 Å². The van der Waals surface area contributed by atoms with Gasteiger partial charge in [0.2, 0.25) is 5.78 Å². The highest BCUT2D eigenvalue weighted by Gasteiger charge is 2.16. The number of anilines is 2. The summed E-state index contributed by atoms with van der Waals surface area (Å²) >= 11 is 0. The molecule has 7 heteroatoms. The highest BCUT2D eigenvalue weighted by atomic mass is 16.5. The molecule has 2 aromatic carbocycles. The molecule has 4 aromatic rings. The molecule has 0 aliphatic carbocycles. The number of hydrogen-bond acceptors (Lipinski definition) is 6. The average molecular weight is 388 g/mol. The largest absolute Gasteiger partial charge is 0.459 e. The van der Waals surface area contributed by atoms with E-state index in [4.69, 9.17) is 4.74 Å². The number of para-hydroxylation sites is 2. The van der Waals surface area contributed by atoms with Crippen LogP contribution in [0.3, 0.4) is 0 Å². The monoisotopic (exact) mass is 388 g/mol. The molecular weight excluding hydrogens is 368 g/mol. The number of hydrogen-bond donors (Lipinski definition) is 1. The first-order valence-corrected chi connectivity index (χ1v) is 9.30. The Morgan fingerprint density at radius 3 is 2.59 bits per heavy atom. The van der Waals surface area contributed by atoms with Crippen molar-refractivity contribution in [2.75, 3.05) is 5.32 Å². The molecule has 0 amide bonds. The van der Waals surface area contributed by atoms with Crippen molar-refractivity contribution in [1.29, 1.82) is 0 Å². The van der Waals surface area contributed by atoms with E-state index in [2.05, 4.69) is 15.3 Å². The minimum atomic E-state index is -0.415. The number of esters is 1. The molecule has 0 atom stereocenters. The van der Waals surface area contributed by atoms with E-state index in [1.54, 1.807) is 56.4 Å². The number of aromatic nitrogens is 3. The lowest BCUT2D eigenvalue weighted by molar-refractivity contribution is 0.0379. The molecular formula is C22H20N4O3. The molecule has 29 heavy (non-hydrogen) atoms. The maximum Gasteiger partial charge on any atom is 0.340 e. The van der Waals surface area contributed by atoms with Crippen LogP contribution in [0, 0.1) is 6.92 Å². The van der Waals surface area contributed by atoms with Gasteiger partial charge in [0.25, 0.3) is 5.56 Å². The van der Waals surface area contributed by atoms with Crippen LogP contribution in [0.25, 0.3) is 16.7 Å². The Balaban J connectivity index is 1.80. The van der Waals surface area contributed by atoms with Gasteiger partial charge in [-0.05, 0) is 45.0 Å². The Morgan fingerprint density at radius 2 is 1.79 bits per heavy atom. The molecule has 0 aliphatic heterocycles. The van der Waals surface area contributed by atoms with Crippen LogP contribution in [0.15, 0.2) is 59.5 Å². The first-order chi connectivity index (χ1) is 13.9. The summed E-state index contributed by atoms with van der Waals surface area (Å²) in [5.74, 6) is 0.378. The van der Waals surface area contributed by atoms with Crippen molar-refractivity contribution < 1.29 is 9.53 Å². The van der Waals surface area contributed by atoms with Gasteiger partial charge in [0, 0.05) is 11.8 Å². The average Bonchev–Trinajstić information content (AvgIpc) is 2.69. The van der Waals surface area contributed by atoms with E-state index in [0.29, 0.717) is 28.0 Å². The van der Waals surface area contributed by atoms with Gasteiger partial charge in [0.05, 0.1) is 28.3 Å². The SMILES string of the molecule is Cc1cn2c(=O)c3ccccc3nc2nc1Nc1ccccc1C(=O)OC(C)C. The summed E-state index contributed by atoms with van der Waals surface area (Å²) in [5, 5.41) is 3.72. The van der Waals surface area contributed by atoms with Crippen LogP contribution in [0.2, 0.25) is 0 Å². The van der Waals surface area contributed by atoms with Crippen molar-refractivity contribution in [2.45, 2.75) is 26.9 Å². The summed E-state index contributed by atoms with van der Waals surface area (Å²) in [5.41, 5.74) is 2.13. The molecule has 0 aliphatic rings. The van der Waals surface area contributed by atoms with Gasteiger partial charge in [-0.25, -0.2) is 9.78 Å². The maximum absolute atomic E-state index is 12.8. The summed E-state index contributed by atoms with van der Waals surface area (Å²) in [7, 11) is 0. The van der Waals surface area contributed by atoms with Gasteiger partial charge < -0.3 is 10.1 Å². The molecule has 7 nitrogen and oxygen atoms in total. The molecule has 0 saturated heterocycles. The van der Waals surface area contributed by atoms with Gasteiger partial charge in [0.15, 0.2) is 0 Å². The maximum atomic E-state index is 12.8. The molecule has 0 radical (unpaired) electrons. The van der Waals surface area contributed by atoms with Gasteiger partial charge >= 0.3 is 5.97 Å². The van der Waals surface area contributed by atoms with Gasteiger partial charge in [-0.3, -0.25) is 9.20 Å². The smallest absolute Gasteiger partial charge is 0.340 e. The molecule has 4 rings (SSSR count). The van der Waals surface area contributed by atoms with Crippen LogP contribution in [0.5, 0.6) is 0 Å². The fourth-order valence-electron chi connectivity index (χ4n) is 3.07. The minimum absolute atomic E-state index is 0.173. The summed E-state index contributed by atoms with van der Waals surface area (Å²) in [6.45, 7) is 5.44. The van der Waals surface area contributed by atoms with Gasteiger partial charge in [-0.15, -0.1) is 0 Å². The number of nitrogens with zero attached hydrogens (tertiary/aromatic N) is 3. The lowest BCUT2D eigenvalue weighted by Gasteiger charge is -2.14. The van der Waals surface area contributed by atoms with Crippen molar-refractivity contribution in [3.63, 3.8) is 0 Å². The molecule has 0 bridgehead atoms. The van der Waals surface area contributed by atoms with Crippen molar-refractivity contribution in [3.05, 3.63) is 76.2 Å². The minimum Gasteiger partial charge on any atom is -0.459 e. The third-order valence-electron chi connectivity index (χ3n) is 4.44. The topological polar surface area (TPSA) is 85.6 Å². The van der Waals surface area contributed by atoms with E-state index in [0.717, 1.165) is 5.56 Å². The standard InChI is InChI=1S/C22H20N4O3/c1-13(2)29-21(28)16-9-5-7-11-18(16)23-19-14(3)12-26-20(27)15-8-4-6-10-17(15)24-22(26)25-19/h4-13H,1-3H3,(H,23,24,25). The van der Waals surface area contributed by atoms with Crippen LogP contribution >= 0.6 is 0 Å². The summed E-state index contributed by atoms with van der Waals surface area (Å²) in [6, 6.07) is 14.2. The Labute approximate surface area is 167 Å². The molecule has 0 spiro atoms. The third-order valence-corrected chi connectivity index (χ3v) is 4.44. The van der Waals surface area contributed by atoms with Crippen LogP contribution < -0.4 is 10.9 Å². The molecule has 0 unspecified atom stereocenters. The fourth-order valence-corrected chi connectivity index (χ4v) is 3.07. The number of carbonyl (C=O) groups excluding carboxylic acids is 1. The molecule has 2 aromatic heterocycles. The highest BCUT2D eigenvalue weighted by molar-refractivity contribution is 5.96. The zero-order valence-corrected chi connectivity index (χ0v) is 16.3. The Hall–Kier alpha value is -3.74. The molecule has 0 saturated carbocycles. The predicted molar refractivity (Wildman–Crippen MR) is 112 cm³/mol. The quantitative estimate of drug-likeness (QED) is 0.422. The van der Waals surface area contributed by atoms with Gasteiger partial charge in [-0.1, -0.05) is 24.3 Å². The number of rotatable bonds is 4. The Kier molecular flexibility index (Phi) is 4.72. The molecule has 0 fully saturated rings. The molecule has 146 valence electrons. The number of nitrogens with one attached hydrogen (secondary N) is 1. The Morgan fingerprint density at radius 1 is 1.07 bits per heavy atom. The van der Waals surface area contributed by atoms with Crippen molar-refractivity contribution in [2.24, 2.45) is 0 Å². The van der Waals surface area contributed by atoms with Gasteiger partial charge in [-0.2, -0.15) is 4.98 Å². The number of benzene rings is 2. The lowest BCUT2D eigenvalue weighted by atomic mass is 10.1. The van der Waals surface area contributed by atoms with Crippen molar-refractivity contribution in [1.82, 2.24) is 14.4 Å². The third kappa shape index (κ3) is 3.54. The second kappa shape index (κ2) is 7.35. The van der Waals surface area contributed by atoms with Crippen LogP contribution in [-0.2, 0) is 4.74 Å². The zero-order chi connectivity index (χ0) is 20.5. The van der Waals surface area contributed by atoms with E-state index >= 15 is 0 Å². The zero-order valence-electron chi connectivity index (χ0n) is 16.3. The van der Waals surface area contributed by atoms with Crippen LogP contribution in [0.1, 0.15) is 29.8 Å². The summed E-state index contributed by atoms with van der Waals surface area (Å²) < 4.78 is 6.75. The van der Waals surface area contributed by atoms with Gasteiger partial charge in [0.1, 0.15) is 5.82 Å². The van der Waals surface area contributed by atoms with E-state index in [-0.39, 0.29) is 17.4 Å². The van der Waals surface area contributed by atoms with Crippen LogP contribution in [-0.4, -0.2) is 26.4 Å². The van der Waals surface area contributed by atoms with E-state index < -0.39 is 5.97 Å². The first kappa shape index (κ1) is 18.6. The molecule has 1 N–H and O–H groups in total.